The SMILES string of the molecule is CC(=O)Nc1cccc(OCC(=O)N2CCN(c3ccc(-c4ccc5c(c4)OCO5)nn3)CC2)c1. The average Bonchev–Trinajstić information content (AvgIpc) is 3.35. The van der Waals surface area contributed by atoms with Crippen LogP contribution in [0.5, 0.6) is 17.2 Å². The number of nitrogens with zero attached hydrogens (tertiary/aromatic N) is 4. The van der Waals surface area contributed by atoms with Gasteiger partial charge < -0.3 is 29.3 Å². The van der Waals surface area contributed by atoms with Crippen LogP contribution in [0.1, 0.15) is 6.92 Å². The third kappa shape index (κ3) is 5.26. The van der Waals surface area contributed by atoms with Crippen LogP contribution in [0, 0.1) is 0 Å². The van der Waals surface area contributed by atoms with Gasteiger partial charge in [-0.3, -0.25) is 9.59 Å². The highest BCUT2D eigenvalue weighted by molar-refractivity contribution is 5.88. The van der Waals surface area contributed by atoms with Gasteiger partial charge in [0.1, 0.15) is 5.75 Å². The van der Waals surface area contributed by atoms with Gasteiger partial charge >= 0.3 is 0 Å². The van der Waals surface area contributed by atoms with Gasteiger partial charge in [0, 0.05) is 50.4 Å². The molecule has 5 rings (SSSR count). The predicted octanol–water partition coefficient (Wildman–Crippen LogP) is 2.56. The topological polar surface area (TPSA) is 106 Å². The minimum atomic E-state index is -0.164. The number of carbonyl (C=O) groups is 2. The lowest BCUT2D eigenvalue weighted by Crippen LogP contribution is -2.50. The highest BCUT2D eigenvalue weighted by atomic mass is 16.7. The summed E-state index contributed by atoms with van der Waals surface area (Å²) in [6.07, 6.45) is 0. The maximum atomic E-state index is 12.6. The summed E-state index contributed by atoms with van der Waals surface area (Å²) in [6.45, 7) is 4.06. The van der Waals surface area contributed by atoms with Crippen LogP contribution in [0.15, 0.2) is 54.6 Å². The predicted molar refractivity (Wildman–Crippen MR) is 129 cm³/mol. The first kappa shape index (κ1) is 22.5. The van der Waals surface area contributed by atoms with E-state index in [-0.39, 0.29) is 25.2 Å². The molecular formula is C25H25N5O5. The molecule has 2 aliphatic heterocycles. The molecule has 1 saturated heterocycles. The van der Waals surface area contributed by atoms with Crippen LogP contribution in [0.25, 0.3) is 11.3 Å². The van der Waals surface area contributed by atoms with E-state index < -0.39 is 0 Å². The van der Waals surface area contributed by atoms with Crippen LogP contribution in [0.2, 0.25) is 0 Å². The quantitative estimate of drug-likeness (QED) is 0.580. The van der Waals surface area contributed by atoms with Gasteiger partial charge in [-0.1, -0.05) is 6.07 Å². The number of ether oxygens (including phenoxy) is 3. The second-order valence-electron chi connectivity index (χ2n) is 8.21. The van der Waals surface area contributed by atoms with E-state index in [1.807, 2.05) is 30.3 Å². The summed E-state index contributed by atoms with van der Waals surface area (Å²) in [4.78, 5) is 27.7. The summed E-state index contributed by atoms with van der Waals surface area (Å²) in [5.74, 6) is 2.49. The Hall–Kier alpha value is -4.34. The van der Waals surface area contributed by atoms with Gasteiger partial charge in [-0.25, -0.2) is 0 Å². The number of piperazine rings is 1. The van der Waals surface area contributed by atoms with E-state index in [0.717, 1.165) is 22.8 Å². The number of nitrogens with one attached hydrogen (secondary N) is 1. The zero-order valence-corrected chi connectivity index (χ0v) is 19.3. The molecular weight excluding hydrogens is 450 g/mol. The second kappa shape index (κ2) is 9.88. The molecule has 0 unspecified atom stereocenters. The van der Waals surface area contributed by atoms with E-state index in [0.29, 0.717) is 43.4 Å². The Labute approximate surface area is 202 Å². The van der Waals surface area contributed by atoms with Crippen molar-refractivity contribution in [2.75, 3.05) is 49.8 Å². The van der Waals surface area contributed by atoms with Crippen molar-refractivity contribution in [3.8, 4) is 28.5 Å². The molecule has 10 nitrogen and oxygen atoms in total. The third-order valence-corrected chi connectivity index (χ3v) is 5.79. The number of anilines is 2. The molecule has 1 N–H and O–H groups in total. The van der Waals surface area contributed by atoms with E-state index >= 15 is 0 Å². The molecule has 0 atom stereocenters. The molecule has 0 spiro atoms. The minimum Gasteiger partial charge on any atom is -0.484 e. The Bertz CT molecular complexity index is 1230. The maximum Gasteiger partial charge on any atom is 0.260 e. The van der Waals surface area contributed by atoms with Gasteiger partial charge in [-0.15, -0.1) is 10.2 Å². The monoisotopic (exact) mass is 475 g/mol. The zero-order valence-electron chi connectivity index (χ0n) is 19.3. The Morgan fingerprint density at radius 2 is 1.80 bits per heavy atom. The van der Waals surface area contributed by atoms with Crippen LogP contribution in [0.4, 0.5) is 11.5 Å². The van der Waals surface area contributed by atoms with Crippen molar-refractivity contribution < 1.29 is 23.8 Å². The number of hydrogen-bond acceptors (Lipinski definition) is 8. The van der Waals surface area contributed by atoms with Crippen molar-refractivity contribution in [3.05, 3.63) is 54.6 Å². The number of hydrogen-bond donors (Lipinski definition) is 1. The molecule has 2 amide bonds. The first-order valence-electron chi connectivity index (χ1n) is 11.3. The molecule has 0 bridgehead atoms. The molecule has 180 valence electrons. The number of amides is 2. The van der Waals surface area contributed by atoms with E-state index in [1.165, 1.54) is 6.92 Å². The standard InChI is InChI=1S/C25H25N5O5/c1-17(31)26-19-3-2-4-20(14-19)33-15-25(32)30-11-9-29(10-12-30)24-8-6-21(27-28-24)18-5-7-22-23(13-18)35-16-34-22/h2-8,13-14H,9-12,15-16H2,1H3,(H,26,31). The second-order valence-corrected chi connectivity index (χ2v) is 8.21. The van der Waals surface area contributed by atoms with E-state index in [9.17, 15) is 9.59 Å². The number of benzene rings is 2. The largest absolute Gasteiger partial charge is 0.484 e. The summed E-state index contributed by atoms with van der Waals surface area (Å²) >= 11 is 0. The van der Waals surface area contributed by atoms with Crippen LogP contribution < -0.4 is 24.4 Å². The molecule has 2 aliphatic rings. The van der Waals surface area contributed by atoms with Crippen molar-refractivity contribution in [1.82, 2.24) is 15.1 Å². The Morgan fingerprint density at radius 1 is 0.971 bits per heavy atom. The molecule has 35 heavy (non-hydrogen) atoms. The van der Waals surface area contributed by atoms with Crippen molar-refractivity contribution in [2.24, 2.45) is 0 Å². The van der Waals surface area contributed by atoms with Gasteiger partial charge in [0.2, 0.25) is 12.7 Å². The zero-order chi connectivity index (χ0) is 24.2. The van der Waals surface area contributed by atoms with Gasteiger partial charge in [0.05, 0.1) is 5.69 Å². The fraction of sp³-hybridized carbons (Fsp3) is 0.280. The summed E-state index contributed by atoms with van der Waals surface area (Å²) in [5.41, 5.74) is 2.29. The van der Waals surface area contributed by atoms with Crippen LogP contribution in [0.3, 0.4) is 0 Å². The first-order chi connectivity index (χ1) is 17.0. The molecule has 3 aromatic rings. The van der Waals surface area contributed by atoms with E-state index in [2.05, 4.69) is 20.4 Å². The van der Waals surface area contributed by atoms with E-state index in [4.69, 9.17) is 14.2 Å². The lowest BCUT2D eigenvalue weighted by Gasteiger charge is -2.35. The summed E-state index contributed by atoms with van der Waals surface area (Å²) < 4.78 is 16.4. The number of aromatic nitrogens is 2. The highest BCUT2D eigenvalue weighted by Crippen LogP contribution is 2.35. The van der Waals surface area contributed by atoms with E-state index in [1.54, 1.807) is 29.2 Å². The molecule has 1 fully saturated rings. The number of rotatable bonds is 6. The summed E-state index contributed by atoms with van der Waals surface area (Å²) in [7, 11) is 0. The van der Waals surface area contributed by atoms with Gasteiger partial charge in [0.25, 0.3) is 5.91 Å². The lowest BCUT2D eigenvalue weighted by molar-refractivity contribution is -0.133. The van der Waals surface area contributed by atoms with Crippen molar-refractivity contribution >= 4 is 23.3 Å². The third-order valence-electron chi connectivity index (χ3n) is 5.79. The number of fused-ring (bicyclic) bond motifs is 1. The van der Waals surface area contributed by atoms with Crippen LogP contribution in [-0.2, 0) is 9.59 Å². The number of carbonyl (C=O) groups excluding carboxylic acids is 2. The van der Waals surface area contributed by atoms with Crippen molar-refractivity contribution in [2.45, 2.75) is 6.92 Å². The Morgan fingerprint density at radius 3 is 2.57 bits per heavy atom. The molecule has 2 aromatic carbocycles. The van der Waals surface area contributed by atoms with Crippen LogP contribution in [-0.4, -0.2) is 66.5 Å². The van der Waals surface area contributed by atoms with Gasteiger partial charge in [-0.05, 0) is 42.5 Å². The molecule has 10 heteroatoms. The highest BCUT2D eigenvalue weighted by Gasteiger charge is 2.23. The van der Waals surface area contributed by atoms with Crippen molar-refractivity contribution in [1.29, 1.82) is 0 Å². The fourth-order valence-corrected chi connectivity index (χ4v) is 3.99. The first-order valence-corrected chi connectivity index (χ1v) is 11.3. The average molecular weight is 476 g/mol. The lowest BCUT2D eigenvalue weighted by atomic mass is 10.1. The molecule has 3 heterocycles. The molecule has 0 aliphatic carbocycles. The normalized spacial score (nSPS) is 14.5. The fourth-order valence-electron chi connectivity index (χ4n) is 3.99. The molecule has 0 radical (unpaired) electrons. The smallest absolute Gasteiger partial charge is 0.260 e. The Balaban J connectivity index is 1.12. The molecule has 1 aromatic heterocycles. The van der Waals surface area contributed by atoms with Crippen molar-refractivity contribution in [3.63, 3.8) is 0 Å². The maximum absolute atomic E-state index is 12.6. The Kier molecular flexibility index (Phi) is 6.34. The van der Waals surface area contributed by atoms with Crippen LogP contribution >= 0.6 is 0 Å². The van der Waals surface area contributed by atoms with Gasteiger partial charge in [-0.2, -0.15) is 0 Å². The molecule has 0 saturated carbocycles. The summed E-state index contributed by atoms with van der Waals surface area (Å²) in [5, 5.41) is 11.5. The van der Waals surface area contributed by atoms with Gasteiger partial charge in [0.15, 0.2) is 23.9 Å². The minimum absolute atomic E-state index is 0.0619. The summed E-state index contributed by atoms with van der Waals surface area (Å²) in [6, 6.07) is 16.5.